The molecule has 1 aromatic rings. The molecule has 80 valence electrons. The van der Waals surface area contributed by atoms with E-state index in [-0.39, 0.29) is 0 Å². The number of aliphatic carboxylic acids is 1. The van der Waals surface area contributed by atoms with Crippen molar-refractivity contribution in [2.45, 2.75) is 13.5 Å². The molecule has 0 aliphatic carbocycles. The highest BCUT2D eigenvalue weighted by atomic mass is 16.5. The minimum atomic E-state index is -0.896. The quantitative estimate of drug-likeness (QED) is 0.769. The Morgan fingerprint density at radius 2 is 2.27 bits per heavy atom. The van der Waals surface area contributed by atoms with E-state index in [4.69, 9.17) is 9.84 Å². The normalized spacial score (nSPS) is 11.5. The Morgan fingerprint density at radius 3 is 2.87 bits per heavy atom. The first-order chi connectivity index (χ1) is 7.13. The molecule has 0 amide bonds. The first-order valence-corrected chi connectivity index (χ1v) is 4.63. The van der Waals surface area contributed by atoms with Crippen LogP contribution in [0.5, 0.6) is 0 Å². The third kappa shape index (κ3) is 3.56. The van der Waals surface area contributed by atoms with Crippen LogP contribution < -0.4 is 0 Å². The van der Waals surface area contributed by atoms with Crippen molar-refractivity contribution in [1.82, 2.24) is 0 Å². The minimum Gasteiger partial charge on any atom is -0.478 e. The number of benzene rings is 1. The van der Waals surface area contributed by atoms with Gasteiger partial charge in [0.1, 0.15) is 0 Å². The molecule has 0 unspecified atom stereocenters. The molecule has 3 nitrogen and oxygen atoms in total. The Hall–Kier alpha value is -1.61. The molecule has 15 heavy (non-hydrogen) atoms. The molecule has 1 aromatic carbocycles. The van der Waals surface area contributed by atoms with Gasteiger partial charge in [0.25, 0.3) is 0 Å². The minimum absolute atomic E-state index is 0.324. The topological polar surface area (TPSA) is 46.5 Å². The molecule has 0 spiro atoms. The van der Waals surface area contributed by atoms with Gasteiger partial charge in [-0.2, -0.15) is 0 Å². The highest BCUT2D eigenvalue weighted by Crippen LogP contribution is 2.10. The highest BCUT2D eigenvalue weighted by molar-refractivity contribution is 5.91. The molecule has 0 aliphatic rings. The molecule has 0 bridgehead atoms. The maximum Gasteiger partial charge on any atom is 0.331 e. The second-order valence-electron chi connectivity index (χ2n) is 3.31. The number of hydrogen-bond acceptors (Lipinski definition) is 2. The summed E-state index contributed by atoms with van der Waals surface area (Å²) >= 11 is 0. The number of methoxy groups -OCH3 is 1. The monoisotopic (exact) mass is 206 g/mol. The number of carbonyl (C=O) groups is 1. The molecule has 0 saturated heterocycles. The van der Waals surface area contributed by atoms with Crippen molar-refractivity contribution in [3.8, 4) is 0 Å². The van der Waals surface area contributed by atoms with Gasteiger partial charge >= 0.3 is 5.97 Å². The van der Waals surface area contributed by atoms with Gasteiger partial charge in [0.15, 0.2) is 0 Å². The van der Waals surface area contributed by atoms with Gasteiger partial charge < -0.3 is 9.84 Å². The summed E-state index contributed by atoms with van der Waals surface area (Å²) in [5, 5.41) is 8.72. The molecule has 3 heteroatoms. The van der Waals surface area contributed by atoms with E-state index in [2.05, 4.69) is 0 Å². The molecule has 0 fully saturated rings. The van der Waals surface area contributed by atoms with E-state index in [0.717, 1.165) is 11.1 Å². The van der Waals surface area contributed by atoms with Crippen molar-refractivity contribution in [2.24, 2.45) is 0 Å². The average molecular weight is 206 g/mol. The molecule has 0 aliphatic heterocycles. The highest BCUT2D eigenvalue weighted by Gasteiger charge is 2.00. The molecular formula is C12H14O3. The van der Waals surface area contributed by atoms with Crippen LogP contribution in [0.1, 0.15) is 18.1 Å². The molecule has 0 heterocycles. The van der Waals surface area contributed by atoms with Gasteiger partial charge in [-0.15, -0.1) is 0 Å². The number of carboxylic acids is 1. The lowest BCUT2D eigenvalue weighted by Gasteiger charge is -2.01. The zero-order chi connectivity index (χ0) is 11.3. The van der Waals surface area contributed by atoms with Gasteiger partial charge in [-0.3, -0.25) is 0 Å². The Balaban J connectivity index is 2.91. The number of ether oxygens (including phenoxy) is 1. The van der Waals surface area contributed by atoms with Crippen LogP contribution in [-0.2, 0) is 16.1 Å². The van der Waals surface area contributed by atoms with E-state index in [1.54, 1.807) is 20.1 Å². The Bertz CT molecular complexity index is 380. The van der Waals surface area contributed by atoms with Crippen molar-refractivity contribution in [1.29, 1.82) is 0 Å². The molecule has 0 aromatic heterocycles. The summed E-state index contributed by atoms with van der Waals surface area (Å²) in [6.45, 7) is 2.11. The van der Waals surface area contributed by atoms with E-state index in [0.29, 0.717) is 12.2 Å². The number of rotatable bonds is 4. The summed E-state index contributed by atoms with van der Waals surface area (Å²) in [6, 6.07) is 7.60. The number of hydrogen-bond donors (Lipinski definition) is 1. The lowest BCUT2D eigenvalue weighted by molar-refractivity contribution is -0.132. The van der Waals surface area contributed by atoms with E-state index in [1.165, 1.54) is 0 Å². The Labute approximate surface area is 89.0 Å². The zero-order valence-electron chi connectivity index (χ0n) is 8.86. The second kappa shape index (κ2) is 5.32. The summed E-state index contributed by atoms with van der Waals surface area (Å²) in [7, 11) is 1.63. The van der Waals surface area contributed by atoms with E-state index in [1.807, 2.05) is 24.3 Å². The molecule has 0 saturated carbocycles. The summed E-state index contributed by atoms with van der Waals surface area (Å²) in [6.07, 6.45) is 1.64. The third-order valence-electron chi connectivity index (χ3n) is 1.98. The second-order valence-corrected chi connectivity index (χ2v) is 3.31. The molecule has 0 radical (unpaired) electrons. The van der Waals surface area contributed by atoms with Crippen molar-refractivity contribution >= 4 is 12.0 Å². The summed E-state index contributed by atoms with van der Waals surface area (Å²) in [5.41, 5.74) is 2.23. The van der Waals surface area contributed by atoms with E-state index < -0.39 is 5.97 Å². The average Bonchev–Trinajstić information content (AvgIpc) is 2.18. The lowest BCUT2D eigenvalue weighted by atomic mass is 10.1. The first-order valence-electron chi connectivity index (χ1n) is 4.63. The zero-order valence-corrected chi connectivity index (χ0v) is 8.86. The SMILES string of the molecule is COCc1cccc(C=C(C)C(=O)O)c1. The van der Waals surface area contributed by atoms with Crippen LogP contribution in [0.15, 0.2) is 29.8 Å². The molecule has 1 rings (SSSR count). The fourth-order valence-corrected chi connectivity index (χ4v) is 1.25. The van der Waals surface area contributed by atoms with Crippen molar-refractivity contribution in [3.05, 3.63) is 41.0 Å². The van der Waals surface area contributed by atoms with Gasteiger partial charge in [-0.25, -0.2) is 4.79 Å². The van der Waals surface area contributed by atoms with Gasteiger partial charge in [-0.1, -0.05) is 18.2 Å². The van der Waals surface area contributed by atoms with Crippen LogP contribution in [0.2, 0.25) is 0 Å². The van der Waals surface area contributed by atoms with Gasteiger partial charge in [-0.05, 0) is 30.2 Å². The van der Waals surface area contributed by atoms with E-state index >= 15 is 0 Å². The largest absolute Gasteiger partial charge is 0.478 e. The van der Waals surface area contributed by atoms with Crippen LogP contribution in [0.4, 0.5) is 0 Å². The Kier molecular flexibility index (Phi) is 4.06. The summed E-state index contributed by atoms with van der Waals surface area (Å²) in [4.78, 5) is 10.6. The van der Waals surface area contributed by atoms with Crippen LogP contribution in [0, 0.1) is 0 Å². The fourth-order valence-electron chi connectivity index (χ4n) is 1.25. The van der Waals surface area contributed by atoms with Crippen LogP contribution in [0.25, 0.3) is 6.08 Å². The van der Waals surface area contributed by atoms with Crippen molar-refractivity contribution < 1.29 is 14.6 Å². The smallest absolute Gasteiger partial charge is 0.331 e. The predicted molar refractivity (Wildman–Crippen MR) is 58.4 cm³/mol. The molecule has 1 N–H and O–H groups in total. The first kappa shape index (κ1) is 11.5. The number of carboxylic acid groups (broad SMARTS) is 1. The molecular weight excluding hydrogens is 192 g/mol. The van der Waals surface area contributed by atoms with Gasteiger partial charge in [0, 0.05) is 12.7 Å². The van der Waals surface area contributed by atoms with Gasteiger partial charge in [0.2, 0.25) is 0 Å². The predicted octanol–water partition coefficient (Wildman–Crippen LogP) is 2.32. The van der Waals surface area contributed by atoms with Crippen molar-refractivity contribution in [2.75, 3.05) is 7.11 Å². The van der Waals surface area contributed by atoms with E-state index in [9.17, 15) is 4.79 Å². The fraction of sp³-hybridized carbons (Fsp3) is 0.250. The Morgan fingerprint density at radius 1 is 1.53 bits per heavy atom. The maximum atomic E-state index is 10.6. The third-order valence-corrected chi connectivity index (χ3v) is 1.98. The molecule has 0 atom stereocenters. The standard InChI is InChI=1S/C12H14O3/c1-9(12(13)14)6-10-4-3-5-11(7-10)8-15-2/h3-7H,8H2,1-2H3,(H,13,14). The van der Waals surface area contributed by atoms with Gasteiger partial charge in [0.05, 0.1) is 6.61 Å². The van der Waals surface area contributed by atoms with Crippen LogP contribution in [-0.4, -0.2) is 18.2 Å². The summed E-state index contributed by atoms with van der Waals surface area (Å²) in [5.74, 6) is -0.896. The lowest BCUT2D eigenvalue weighted by Crippen LogP contribution is -1.95. The summed E-state index contributed by atoms with van der Waals surface area (Å²) < 4.78 is 5.00. The van der Waals surface area contributed by atoms with Crippen LogP contribution >= 0.6 is 0 Å². The van der Waals surface area contributed by atoms with Crippen molar-refractivity contribution in [3.63, 3.8) is 0 Å². The maximum absolute atomic E-state index is 10.6. The van der Waals surface area contributed by atoms with Crippen LogP contribution in [0.3, 0.4) is 0 Å².